The molecule has 0 N–H and O–H groups in total. The van der Waals surface area contributed by atoms with E-state index in [2.05, 4.69) is 43.3 Å². The lowest BCUT2D eigenvalue weighted by Crippen LogP contribution is -1.94. The molecule has 24 heavy (non-hydrogen) atoms. The third-order valence-corrected chi connectivity index (χ3v) is 4.47. The maximum atomic E-state index is 5.66. The number of unbranched alkanes of at least 4 members (excludes halogenated alkanes) is 11. The maximum absolute atomic E-state index is 5.66. The predicted octanol–water partition coefficient (Wildman–Crippen LogP) is 7.42. The molecular formula is C23H38O. The SMILES string of the molecule is CCCCCCCCCCCCCCOCC=Cc1ccccc1. The zero-order valence-corrected chi connectivity index (χ0v) is 15.8. The molecule has 0 heterocycles. The van der Waals surface area contributed by atoms with Gasteiger partial charge in [0.1, 0.15) is 0 Å². The average Bonchev–Trinajstić information content (AvgIpc) is 2.62. The standard InChI is InChI=1S/C23H38O/c1-2-3-4-5-6-7-8-9-10-11-12-16-21-24-22-17-20-23-18-14-13-15-19-23/h13-15,17-20H,2-12,16,21-22H2,1H3. The van der Waals surface area contributed by atoms with E-state index in [0.29, 0.717) is 0 Å². The van der Waals surface area contributed by atoms with E-state index in [1.165, 1.54) is 82.6 Å². The Morgan fingerprint density at radius 3 is 1.83 bits per heavy atom. The van der Waals surface area contributed by atoms with Gasteiger partial charge in [-0.2, -0.15) is 0 Å². The molecule has 136 valence electrons. The highest BCUT2D eigenvalue weighted by atomic mass is 16.5. The van der Waals surface area contributed by atoms with E-state index in [1.807, 2.05) is 6.07 Å². The lowest BCUT2D eigenvalue weighted by atomic mass is 10.1. The summed E-state index contributed by atoms with van der Waals surface area (Å²) in [6, 6.07) is 10.4. The predicted molar refractivity (Wildman–Crippen MR) is 107 cm³/mol. The van der Waals surface area contributed by atoms with Gasteiger partial charge in [-0.05, 0) is 12.0 Å². The molecule has 0 amide bonds. The number of hydrogen-bond donors (Lipinski definition) is 0. The van der Waals surface area contributed by atoms with Crippen LogP contribution in [0.2, 0.25) is 0 Å². The van der Waals surface area contributed by atoms with E-state index in [0.717, 1.165) is 13.2 Å². The van der Waals surface area contributed by atoms with Crippen LogP contribution in [0.1, 0.15) is 89.5 Å². The first-order chi connectivity index (χ1) is 11.9. The molecule has 0 radical (unpaired) electrons. The van der Waals surface area contributed by atoms with Crippen LogP contribution >= 0.6 is 0 Å². The van der Waals surface area contributed by atoms with Crippen molar-refractivity contribution in [3.63, 3.8) is 0 Å². The van der Waals surface area contributed by atoms with Crippen LogP contribution in [0, 0.1) is 0 Å². The molecule has 1 heteroatoms. The van der Waals surface area contributed by atoms with Crippen molar-refractivity contribution in [1.29, 1.82) is 0 Å². The molecule has 0 atom stereocenters. The van der Waals surface area contributed by atoms with Gasteiger partial charge in [-0.1, -0.05) is 120 Å². The van der Waals surface area contributed by atoms with Gasteiger partial charge in [0.15, 0.2) is 0 Å². The Labute approximate surface area is 150 Å². The highest BCUT2D eigenvalue weighted by Gasteiger charge is 1.93. The summed E-state index contributed by atoms with van der Waals surface area (Å²) >= 11 is 0. The lowest BCUT2D eigenvalue weighted by molar-refractivity contribution is 0.157. The number of ether oxygens (including phenoxy) is 1. The van der Waals surface area contributed by atoms with Gasteiger partial charge in [0.05, 0.1) is 6.61 Å². The Hall–Kier alpha value is -1.08. The van der Waals surface area contributed by atoms with Crippen LogP contribution in [0.5, 0.6) is 0 Å². The fourth-order valence-corrected chi connectivity index (χ4v) is 2.94. The molecule has 0 unspecified atom stereocenters. The normalized spacial score (nSPS) is 11.4. The molecule has 0 aliphatic carbocycles. The second kappa shape index (κ2) is 16.8. The van der Waals surface area contributed by atoms with Crippen molar-refractivity contribution in [3.05, 3.63) is 42.0 Å². The largest absolute Gasteiger partial charge is 0.377 e. The Balaban J connectivity index is 1.75. The number of hydrogen-bond acceptors (Lipinski definition) is 1. The molecule has 1 rings (SSSR count). The molecule has 0 spiro atoms. The summed E-state index contributed by atoms with van der Waals surface area (Å²) in [5.41, 5.74) is 1.24. The summed E-state index contributed by atoms with van der Waals surface area (Å²) in [6.45, 7) is 3.91. The summed E-state index contributed by atoms with van der Waals surface area (Å²) in [5.74, 6) is 0. The highest BCUT2D eigenvalue weighted by molar-refractivity contribution is 5.48. The molecule has 1 aromatic rings. The summed E-state index contributed by atoms with van der Waals surface area (Å²) in [4.78, 5) is 0. The fraction of sp³-hybridized carbons (Fsp3) is 0.652. The first-order valence-electron chi connectivity index (χ1n) is 10.2. The Morgan fingerprint density at radius 1 is 0.708 bits per heavy atom. The smallest absolute Gasteiger partial charge is 0.0650 e. The minimum atomic E-state index is 0.729. The molecule has 1 nitrogen and oxygen atoms in total. The van der Waals surface area contributed by atoms with Crippen LogP contribution in [0.25, 0.3) is 6.08 Å². The second-order valence-corrected chi connectivity index (χ2v) is 6.78. The number of benzene rings is 1. The molecule has 0 aliphatic rings. The minimum Gasteiger partial charge on any atom is -0.377 e. The Morgan fingerprint density at radius 2 is 1.25 bits per heavy atom. The van der Waals surface area contributed by atoms with E-state index >= 15 is 0 Å². The Bertz CT molecular complexity index is 382. The van der Waals surface area contributed by atoms with Gasteiger partial charge in [-0.3, -0.25) is 0 Å². The molecule has 0 saturated carbocycles. The maximum Gasteiger partial charge on any atom is 0.0650 e. The molecule has 0 bridgehead atoms. The van der Waals surface area contributed by atoms with Gasteiger partial charge in [0, 0.05) is 6.61 Å². The average molecular weight is 331 g/mol. The summed E-state index contributed by atoms with van der Waals surface area (Å²) in [6.07, 6.45) is 21.0. The van der Waals surface area contributed by atoms with E-state index in [-0.39, 0.29) is 0 Å². The zero-order chi connectivity index (χ0) is 17.1. The first-order valence-corrected chi connectivity index (χ1v) is 10.2. The van der Waals surface area contributed by atoms with Crippen LogP contribution < -0.4 is 0 Å². The molecule has 0 aromatic heterocycles. The summed E-state index contributed by atoms with van der Waals surface area (Å²) < 4.78 is 5.66. The van der Waals surface area contributed by atoms with E-state index < -0.39 is 0 Å². The van der Waals surface area contributed by atoms with Gasteiger partial charge in [0.25, 0.3) is 0 Å². The van der Waals surface area contributed by atoms with Gasteiger partial charge in [-0.25, -0.2) is 0 Å². The van der Waals surface area contributed by atoms with Crippen LogP contribution in [-0.2, 0) is 4.74 Å². The van der Waals surface area contributed by atoms with Crippen molar-refractivity contribution >= 4 is 6.08 Å². The molecule has 0 saturated heterocycles. The van der Waals surface area contributed by atoms with Crippen molar-refractivity contribution in [1.82, 2.24) is 0 Å². The molecule has 0 fully saturated rings. The van der Waals surface area contributed by atoms with Crippen molar-refractivity contribution in [3.8, 4) is 0 Å². The minimum absolute atomic E-state index is 0.729. The Kier molecular flexibility index (Phi) is 14.6. The van der Waals surface area contributed by atoms with Crippen molar-refractivity contribution < 1.29 is 4.74 Å². The van der Waals surface area contributed by atoms with E-state index in [4.69, 9.17) is 4.74 Å². The molecule has 1 aromatic carbocycles. The lowest BCUT2D eigenvalue weighted by Gasteiger charge is -2.03. The summed E-state index contributed by atoms with van der Waals surface area (Å²) in [5, 5.41) is 0. The van der Waals surface area contributed by atoms with Crippen LogP contribution in [-0.4, -0.2) is 13.2 Å². The first kappa shape index (κ1) is 21.0. The summed E-state index contributed by atoms with van der Waals surface area (Å²) in [7, 11) is 0. The van der Waals surface area contributed by atoms with Crippen molar-refractivity contribution in [2.24, 2.45) is 0 Å². The zero-order valence-electron chi connectivity index (χ0n) is 15.8. The van der Waals surface area contributed by atoms with Gasteiger partial charge in [-0.15, -0.1) is 0 Å². The van der Waals surface area contributed by atoms with Gasteiger partial charge in [0.2, 0.25) is 0 Å². The fourth-order valence-electron chi connectivity index (χ4n) is 2.94. The molecule has 0 aliphatic heterocycles. The molecular weight excluding hydrogens is 292 g/mol. The van der Waals surface area contributed by atoms with E-state index in [9.17, 15) is 0 Å². The van der Waals surface area contributed by atoms with Crippen LogP contribution in [0.4, 0.5) is 0 Å². The van der Waals surface area contributed by atoms with Crippen molar-refractivity contribution in [2.75, 3.05) is 13.2 Å². The van der Waals surface area contributed by atoms with Crippen molar-refractivity contribution in [2.45, 2.75) is 84.0 Å². The number of rotatable bonds is 16. The van der Waals surface area contributed by atoms with Crippen LogP contribution in [0.3, 0.4) is 0 Å². The third-order valence-electron chi connectivity index (χ3n) is 4.47. The van der Waals surface area contributed by atoms with Crippen LogP contribution in [0.15, 0.2) is 36.4 Å². The third kappa shape index (κ3) is 13.4. The highest BCUT2D eigenvalue weighted by Crippen LogP contribution is 2.11. The second-order valence-electron chi connectivity index (χ2n) is 6.78. The topological polar surface area (TPSA) is 9.23 Å². The van der Waals surface area contributed by atoms with Gasteiger partial charge < -0.3 is 4.74 Å². The van der Waals surface area contributed by atoms with Gasteiger partial charge >= 0.3 is 0 Å². The quantitative estimate of drug-likeness (QED) is 0.287. The monoisotopic (exact) mass is 330 g/mol. The van der Waals surface area contributed by atoms with E-state index in [1.54, 1.807) is 0 Å².